The van der Waals surface area contributed by atoms with Crippen molar-refractivity contribution in [1.29, 1.82) is 0 Å². The van der Waals surface area contributed by atoms with Gasteiger partial charge in [-0.05, 0) is 31.0 Å². The van der Waals surface area contributed by atoms with E-state index in [0.717, 1.165) is 13.1 Å². The van der Waals surface area contributed by atoms with E-state index in [9.17, 15) is 4.79 Å². The lowest BCUT2D eigenvalue weighted by Gasteiger charge is -2.23. The first-order valence-electron chi connectivity index (χ1n) is 5.69. The fourth-order valence-electron chi connectivity index (χ4n) is 1.65. The quantitative estimate of drug-likeness (QED) is 0.792. The number of carbonyl (C=O) groups excluding carboxylic acids is 1. The zero-order valence-corrected chi connectivity index (χ0v) is 10.2. The van der Waals surface area contributed by atoms with Gasteiger partial charge in [0.25, 0.3) is 5.91 Å². The highest BCUT2D eigenvalue weighted by atomic mass is 16.2. The van der Waals surface area contributed by atoms with Crippen molar-refractivity contribution in [2.75, 3.05) is 18.8 Å². The molecule has 0 saturated carbocycles. The predicted molar refractivity (Wildman–Crippen MR) is 67.3 cm³/mol. The lowest BCUT2D eigenvalue weighted by molar-refractivity contribution is 0.0746. The monoisotopic (exact) mass is 220 g/mol. The molecule has 0 heterocycles. The minimum absolute atomic E-state index is 0.0588. The first-order valence-corrected chi connectivity index (χ1v) is 5.69. The van der Waals surface area contributed by atoms with Gasteiger partial charge in [0.1, 0.15) is 0 Å². The van der Waals surface area contributed by atoms with Crippen molar-refractivity contribution in [3.63, 3.8) is 0 Å². The molecule has 0 aliphatic heterocycles. The van der Waals surface area contributed by atoms with Crippen LogP contribution in [-0.4, -0.2) is 23.9 Å². The van der Waals surface area contributed by atoms with Gasteiger partial charge in [-0.2, -0.15) is 0 Å². The van der Waals surface area contributed by atoms with E-state index in [1.165, 1.54) is 0 Å². The molecule has 3 nitrogen and oxygen atoms in total. The standard InChI is InChI=1S/C13H20N2O/c1-4-15(9-10(2)3)13(16)11-6-5-7-12(14)8-11/h5-8,10H,4,9,14H2,1-3H3. The summed E-state index contributed by atoms with van der Waals surface area (Å²) in [5.74, 6) is 0.536. The van der Waals surface area contributed by atoms with E-state index in [2.05, 4.69) is 13.8 Å². The Morgan fingerprint density at radius 2 is 2.12 bits per heavy atom. The van der Waals surface area contributed by atoms with Crippen LogP contribution in [0, 0.1) is 5.92 Å². The van der Waals surface area contributed by atoms with E-state index in [4.69, 9.17) is 5.73 Å². The molecule has 1 rings (SSSR count). The summed E-state index contributed by atoms with van der Waals surface area (Å²) >= 11 is 0. The second-order valence-electron chi connectivity index (χ2n) is 4.36. The number of nitrogens with zero attached hydrogens (tertiary/aromatic N) is 1. The number of hydrogen-bond donors (Lipinski definition) is 1. The minimum atomic E-state index is 0.0588. The molecule has 3 heteroatoms. The highest BCUT2D eigenvalue weighted by molar-refractivity contribution is 5.95. The molecule has 0 saturated heterocycles. The molecule has 0 radical (unpaired) electrons. The molecule has 0 bridgehead atoms. The third kappa shape index (κ3) is 3.26. The van der Waals surface area contributed by atoms with E-state index < -0.39 is 0 Å². The van der Waals surface area contributed by atoms with Crippen molar-refractivity contribution in [2.45, 2.75) is 20.8 Å². The van der Waals surface area contributed by atoms with E-state index >= 15 is 0 Å². The average molecular weight is 220 g/mol. The maximum Gasteiger partial charge on any atom is 0.253 e. The molecule has 88 valence electrons. The zero-order valence-electron chi connectivity index (χ0n) is 10.2. The van der Waals surface area contributed by atoms with E-state index in [1.54, 1.807) is 12.1 Å². The number of carbonyl (C=O) groups is 1. The Kier molecular flexibility index (Phi) is 4.35. The van der Waals surface area contributed by atoms with Crippen LogP contribution < -0.4 is 5.73 Å². The van der Waals surface area contributed by atoms with Gasteiger partial charge in [-0.1, -0.05) is 19.9 Å². The van der Waals surface area contributed by atoms with Crippen molar-refractivity contribution in [1.82, 2.24) is 4.90 Å². The summed E-state index contributed by atoms with van der Waals surface area (Å²) in [6.07, 6.45) is 0. The number of nitrogens with two attached hydrogens (primary N) is 1. The van der Waals surface area contributed by atoms with Crippen molar-refractivity contribution >= 4 is 11.6 Å². The van der Waals surface area contributed by atoms with Crippen LogP contribution in [0.4, 0.5) is 5.69 Å². The molecule has 0 unspecified atom stereocenters. The number of amides is 1. The Hall–Kier alpha value is -1.51. The van der Waals surface area contributed by atoms with E-state index in [-0.39, 0.29) is 5.91 Å². The Morgan fingerprint density at radius 3 is 2.62 bits per heavy atom. The van der Waals surface area contributed by atoms with Gasteiger partial charge in [0.15, 0.2) is 0 Å². The number of benzene rings is 1. The van der Waals surface area contributed by atoms with Crippen LogP contribution in [0.2, 0.25) is 0 Å². The molecule has 0 aliphatic rings. The van der Waals surface area contributed by atoms with Crippen LogP contribution in [0.5, 0.6) is 0 Å². The number of rotatable bonds is 4. The molecule has 0 aliphatic carbocycles. The molecule has 16 heavy (non-hydrogen) atoms. The van der Waals surface area contributed by atoms with Crippen LogP contribution in [0.25, 0.3) is 0 Å². The predicted octanol–water partition coefficient (Wildman–Crippen LogP) is 2.39. The number of hydrogen-bond acceptors (Lipinski definition) is 2. The molecular formula is C13H20N2O. The fraction of sp³-hybridized carbons (Fsp3) is 0.462. The summed E-state index contributed by atoms with van der Waals surface area (Å²) in [6.45, 7) is 7.72. The van der Waals surface area contributed by atoms with Gasteiger partial charge in [0, 0.05) is 24.3 Å². The van der Waals surface area contributed by atoms with Gasteiger partial charge < -0.3 is 10.6 Å². The lowest BCUT2D eigenvalue weighted by atomic mass is 10.1. The molecule has 0 aromatic heterocycles. The maximum atomic E-state index is 12.1. The van der Waals surface area contributed by atoms with Crippen molar-refractivity contribution in [3.05, 3.63) is 29.8 Å². The van der Waals surface area contributed by atoms with Crippen molar-refractivity contribution < 1.29 is 4.79 Å². The normalized spacial score (nSPS) is 10.5. The molecule has 1 amide bonds. The van der Waals surface area contributed by atoms with Crippen molar-refractivity contribution in [2.24, 2.45) is 5.92 Å². The van der Waals surface area contributed by atoms with Gasteiger partial charge >= 0.3 is 0 Å². The van der Waals surface area contributed by atoms with Crippen molar-refractivity contribution in [3.8, 4) is 0 Å². The average Bonchev–Trinajstić information content (AvgIpc) is 2.24. The third-order valence-corrected chi connectivity index (χ3v) is 2.39. The second-order valence-corrected chi connectivity index (χ2v) is 4.36. The fourth-order valence-corrected chi connectivity index (χ4v) is 1.65. The summed E-state index contributed by atoms with van der Waals surface area (Å²) in [4.78, 5) is 14.0. The lowest BCUT2D eigenvalue weighted by Crippen LogP contribution is -2.34. The molecule has 2 N–H and O–H groups in total. The summed E-state index contributed by atoms with van der Waals surface area (Å²) < 4.78 is 0. The van der Waals surface area contributed by atoms with Gasteiger partial charge in [0.2, 0.25) is 0 Å². The summed E-state index contributed by atoms with van der Waals surface area (Å²) in [5.41, 5.74) is 6.97. The number of anilines is 1. The minimum Gasteiger partial charge on any atom is -0.399 e. The Balaban J connectivity index is 2.82. The molecule has 0 atom stereocenters. The van der Waals surface area contributed by atoms with Crippen LogP contribution in [0.15, 0.2) is 24.3 Å². The molecule has 1 aromatic carbocycles. The Labute approximate surface area is 97.2 Å². The van der Waals surface area contributed by atoms with Crippen LogP contribution >= 0.6 is 0 Å². The molecular weight excluding hydrogens is 200 g/mol. The largest absolute Gasteiger partial charge is 0.399 e. The highest BCUT2D eigenvalue weighted by Gasteiger charge is 2.14. The zero-order chi connectivity index (χ0) is 12.1. The topological polar surface area (TPSA) is 46.3 Å². The summed E-state index contributed by atoms with van der Waals surface area (Å²) in [5, 5.41) is 0. The van der Waals surface area contributed by atoms with Crippen LogP contribution in [0.1, 0.15) is 31.1 Å². The molecule has 0 fully saturated rings. The van der Waals surface area contributed by atoms with Gasteiger partial charge in [-0.25, -0.2) is 0 Å². The summed E-state index contributed by atoms with van der Waals surface area (Å²) in [7, 11) is 0. The second kappa shape index (κ2) is 5.54. The van der Waals surface area contributed by atoms with Gasteiger partial charge in [-0.3, -0.25) is 4.79 Å². The molecule has 0 spiro atoms. The third-order valence-electron chi connectivity index (χ3n) is 2.39. The highest BCUT2D eigenvalue weighted by Crippen LogP contribution is 2.11. The first-order chi connectivity index (χ1) is 7.54. The van der Waals surface area contributed by atoms with E-state index in [0.29, 0.717) is 17.2 Å². The molecule has 1 aromatic rings. The summed E-state index contributed by atoms with van der Waals surface area (Å²) in [6, 6.07) is 7.13. The van der Waals surface area contributed by atoms with Gasteiger partial charge in [-0.15, -0.1) is 0 Å². The van der Waals surface area contributed by atoms with E-state index in [1.807, 2.05) is 24.0 Å². The number of nitrogen functional groups attached to an aromatic ring is 1. The van der Waals surface area contributed by atoms with Gasteiger partial charge in [0.05, 0.1) is 0 Å². The maximum absolute atomic E-state index is 12.1. The van der Waals surface area contributed by atoms with Crippen LogP contribution in [0.3, 0.4) is 0 Å². The first kappa shape index (κ1) is 12.6. The Bertz CT molecular complexity index is 361. The SMILES string of the molecule is CCN(CC(C)C)C(=O)c1cccc(N)c1. The smallest absolute Gasteiger partial charge is 0.253 e. The van der Waals surface area contributed by atoms with Crippen LogP contribution in [-0.2, 0) is 0 Å². The Morgan fingerprint density at radius 1 is 1.44 bits per heavy atom.